The third kappa shape index (κ3) is 3.08. The summed E-state index contributed by atoms with van der Waals surface area (Å²) in [7, 11) is 2.18. The standard InChI is InChI=1S/C11H19N3.C2H6/c1-8-4-9(2)11-10(5-12-13-11)7-14(3)6-8;1-2/h5,8-9H,4,6-7H2,1-3H3,(H,12,13);1-2H3. The van der Waals surface area contributed by atoms with Crippen LogP contribution in [0.4, 0.5) is 0 Å². The van der Waals surface area contributed by atoms with E-state index in [0.29, 0.717) is 5.92 Å². The van der Waals surface area contributed by atoms with Gasteiger partial charge in [-0.1, -0.05) is 27.7 Å². The highest BCUT2D eigenvalue weighted by Gasteiger charge is 2.20. The van der Waals surface area contributed by atoms with Crippen LogP contribution in [0.2, 0.25) is 0 Å². The molecule has 0 saturated heterocycles. The summed E-state index contributed by atoms with van der Waals surface area (Å²) in [6.07, 6.45) is 3.22. The molecule has 2 rings (SSSR count). The predicted octanol–water partition coefficient (Wildman–Crippen LogP) is 3.01. The van der Waals surface area contributed by atoms with Crippen LogP contribution in [-0.4, -0.2) is 28.7 Å². The van der Waals surface area contributed by atoms with Gasteiger partial charge in [0.15, 0.2) is 0 Å². The van der Waals surface area contributed by atoms with E-state index in [4.69, 9.17) is 0 Å². The molecule has 1 aliphatic heterocycles. The van der Waals surface area contributed by atoms with Crippen LogP contribution in [0, 0.1) is 5.92 Å². The maximum absolute atomic E-state index is 4.15. The maximum Gasteiger partial charge on any atom is 0.0535 e. The number of hydrogen-bond acceptors (Lipinski definition) is 2. The minimum atomic E-state index is 0.621. The molecule has 0 bridgehead atoms. The summed E-state index contributed by atoms with van der Waals surface area (Å²) >= 11 is 0. The number of nitrogens with one attached hydrogen (secondary N) is 1. The molecule has 1 aliphatic rings. The van der Waals surface area contributed by atoms with Gasteiger partial charge in [-0.25, -0.2) is 0 Å². The van der Waals surface area contributed by atoms with Crippen molar-refractivity contribution in [3.05, 3.63) is 17.5 Å². The van der Waals surface area contributed by atoms with Crippen LogP contribution < -0.4 is 0 Å². The lowest BCUT2D eigenvalue weighted by Crippen LogP contribution is -2.27. The molecule has 0 spiro atoms. The molecular weight excluding hydrogens is 198 g/mol. The SMILES string of the molecule is CC.CC1CC(C)c2[nH]ncc2CN(C)C1. The molecule has 3 heteroatoms. The van der Waals surface area contributed by atoms with E-state index in [-0.39, 0.29) is 0 Å². The number of rotatable bonds is 0. The number of fused-ring (bicyclic) bond motifs is 1. The Morgan fingerprint density at radius 1 is 1.38 bits per heavy atom. The second-order valence-electron chi connectivity index (χ2n) is 4.75. The van der Waals surface area contributed by atoms with E-state index < -0.39 is 0 Å². The monoisotopic (exact) mass is 223 g/mol. The summed E-state index contributed by atoms with van der Waals surface area (Å²) in [5, 5.41) is 7.28. The number of hydrogen-bond donors (Lipinski definition) is 1. The van der Waals surface area contributed by atoms with Gasteiger partial charge in [-0.05, 0) is 25.3 Å². The second-order valence-corrected chi connectivity index (χ2v) is 4.75. The van der Waals surface area contributed by atoms with Crippen LogP contribution in [-0.2, 0) is 6.54 Å². The fourth-order valence-electron chi connectivity index (χ4n) is 2.56. The van der Waals surface area contributed by atoms with Crippen LogP contribution in [0.1, 0.15) is 51.3 Å². The fourth-order valence-corrected chi connectivity index (χ4v) is 2.56. The fraction of sp³-hybridized carbons (Fsp3) is 0.769. The molecule has 0 aromatic carbocycles. The second kappa shape index (κ2) is 6.04. The van der Waals surface area contributed by atoms with Crippen LogP contribution >= 0.6 is 0 Å². The van der Waals surface area contributed by atoms with Crippen molar-refractivity contribution in [2.45, 2.75) is 46.6 Å². The quantitative estimate of drug-likeness (QED) is 0.733. The normalized spacial score (nSPS) is 26.1. The lowest BCUT2D eigenvalue weighted by molar-refractivity contribution is 0.254. The van der Waals surface area contributed by atoms with Gasteiger partial charge in [0.2, 0.25) is 0 Å². The van der Waals surface area contributed by atoms with Gasteiger partial charge < -0.3 is 4.90 Å². The molecule has 1 aromatic rings. The van der Waals surface area contributed by atoms with Crippen LogP contribution in [0.25, 0.3) is 0 Å². The van der Waals surface area contributed by atoms with E-state index >= 15 is 0 Å². The van der Waals surface area contributed by atoms with Gasteiger partial charge in [0, 0.05) is 24.3 Å². The molecule has 1 N–H and O–H groups in total. The maximum atomic E-state index is 4.15. The van der Waals surface area contributed by atoms with Gasteiger partial charge in [0.25, 0.3) is 0 Å². The van der Waals surface area contributed by atoms with Gasteiger partial charge in [-0.15, -0.1) is 0 Å². The van der Waals surface area contributed by atoms with Gasteiger partial charge in [0.1, 0.15) is 0 Å². The van der Waals surface area contributed by atoms with Gasteiger partial charge in [0.05, 0.1) is 6.20 Å². The molecular formula is C13H25N3. The van der Waals surface area contributed by atoms with Crippen molar-refractivity contribution >= 4 is 0 Å². The average Bonchev–Trinajstić information content (AvgIpc) is 2.66. The molecule has 2 unspecified atom stereocenters. The van der Waals surface area contributed by atoms with E-state index in [0.717, 1.165) is 12.5 Å². The van der Waals surface area contributed by atoms with E-state index in [1.807, 2.05) is 20.0 Å². The van der Waals surface area contributed by atoms with Crippen molar-refractivity contribution in [1.29, 1.82) is 0 Å². The van der Waals surface area contributed by atoms with Crippen molar-refractivity contribution in [3.8, 4) is 0 Å². The highest BCUT2D eigenvalue weighted by molar-refractivity contribution is 5.20. The summed E-state index contributed by atoms with van der Waals surface area (Å²) < 4.78 is 0. The highest BCUT2D eigenvalue weighted by Crippen LogP contribution is 2.27. The summed E-state index contributed by atoms with van der Waals surface area (Å²) in [6.45, 7) is 10.8. The van der Waals surface area contributed by atoms with Crippen molar-refractivity contribution in [2.75, 3.05) is 13.6 Å². The van der Waals surface area contributed by atoms with Crippen molar-refractivity contribution in [3.63, 3.8) is 0 Å². The predicted molar refractivity (Wildman–Crippen MR) is 68.5 cm³/mol. The molecule has 2 heterocycles. The van der Waals surface area contributed by atoms with Crippen LogP contribution in [0.3, 0.4) is 0 Å². The van der Waals surface area contributed by atoms with Gasteiger partial charge in [-0.3, -0.25) is 5.10 Å². The van der Waals surface area contributed by atoms with Crippen molar-refractivity contribution in [1.82, 2.24) is 15.1 Å². The summed E-state index contributed by atoms with van der Waals surface area (Å²) in [4.78, 5) is 2.38. The van der Waals surface area contributed by atoms with E-state index in [2.05, 4.69) is 36.0 Å². The van der Waals surface area contributed by atoms with Crippen molar-refractivity contribution < 1.29 is 0 Å². The number of aromatic nitrogens is 2. The Balaban J connectivity index is 0.000000606. The molecule has 1 aromatic heterocycles. The van der Waals surface area contributed by atoms with E-state index in [1.165, 1.54) is 24.2 Å². The van der Waals surface area contributed by atoms with Crippen molar-refractivity contribution in [2.24, 2.45) is 5.92 Å². The first-order valence-corrected chi connectivity index (χ1v) is 6.37. The molecule has 92 valence electrons. The van der Waals surface area contributed by atoms with Crippen LogP contribution in [0.5, 0.6) is 0 Å². The first kappa shape index (κ1) is 13.2. The Kier molecular flexibility index (Phi) is 5.00. The number of nitrogens with zero attached hydrogens (tertiary/aromatic N) is 2. The minimum Gasteiger partial charge on any atom is -0.302 e. The molecule has 2 atom stereocenters. The molecule has 0 fully saturated rings. The largest absolute Gasteiger partial charge is 0.302 e. The first-order chi connectivity index (χ1) is 7.66. The Bertz CT molecular complexity index is 306. The van der Waals surface area contributed by atoms with E-state index in [9.17, 15) is 0 Å². The third-order valence-electron chi connectivity index (χ3n) is 3.06. The van der Waals surface area contributed by atoms with Gasteiger partial charge in [-0.2, -0.15) is 5.10 Å². The lowest BCUT2D eigenvalue weighted by Gasteiger charge is -2.27. The van der Waals surface area contributed by atoms with Gasteiger partial charge >= 0.3 is 0 Å². The summed E-state index contributed by atoms with van der Waals surface area (Å²) in [5.41, 5.74) is 2.70. The van der Waals surface area contributed by atoms with E-state index in [1.54, 1.807) is 0 Å². The zero-order valence-corrected chi connectivity index (χ0v) is 11.2. The first-order valence-electron chi connectivity index (χ1n) is 6.37. The third-order valence-corrected chi connectivity index (χ3v) is 3.06. The van der Waals surface area contributed by atoms with Crippen LogP contribution in [0.15, 0.2) is 6.20 Å². The molecule has 0 aliphatic carbocycles. The smallest absolute Gasteiger partial charge is 0.0535 e. The molecule has 3 nitrogen and oxygen atoms in total. The number of aromatic amines is 1. The number of H-pyrrole nitrogens is 1. The minimum absolute atomic E-state index is 0.621. The average molecular weight is 223 g/mol. The lowest BCUT2D eigenvalue weighted by atomic mass is 9.90. The Morgan fingerprint density at radius 3 is 2.75 bits per heavy atom. The summed E-state index contributed by atoms with van der Waals surface area (Å²) in [5.74, 6) is 1.39. The molecule has 16 heavy (non-hydrogen) atoms. The zero-order chi connectivity index (χ0) is 12.1. The topological polar surface area (TPSA) is 31.9 Å². The molecule has 0 radical (unpaired) electrons. The summed E-state index contributed by atoms with van der Waals surface area (Å²) in [6, 6.07) is 0. The molecule has 0 amide bonds. The Hall–Kier alpha value is -0.830. The Morgan fingerprint density at radius 2 is 2.06 bits per heavy atom. The Labute approximate surface area is 99.2 Å². The molecule has 0 saturated carbocycles. The zero-order valence-electron chi connectivity index (χ0n) is 11.2. The highest BCUT2D eigenvalue weighted by atomic mass is 15.1.